The fourth-order valence-electron chi connectivity index (χ4n) is 2.04. The van der Waals surface area contributed by atoms with Gasteiger partial charge in [-0.2, -0.15) is 0 Å². The molecule has 0 bridgehead atoms. The molecule has 108 valence electrons. The lowest BCUT2D eigenvalue weighted by molar-refractivity contribution is 0.258. The standard InChI is InChI=1S/C15H10N4O2S/c1-2-5-11-10(4-1)14(17-9-16-11)20-8-13-18-19-15(21-13)12-6-3-7-22-12/h1-7,9H,8H2. The number of aromatic nitrogens is 4. The van der Waals surface area contributed by atoms with Gasteiger partial charge in [0.25, 0.3) is 11.8 Å². The Morgan fingerprint density at radius 1 is 1.05 bits per heavy atom. The smallest absolute Gasteiger partial charge is 0.257 e. The molecule has 0 aliphatic carbocycles. The summed E-state index contributed by atoms with van der Waals surface area (Å²) in [6, 6.07) is 11.5. The highest BCUT2D eigenvalue weighted by Gasteiger charge is 2.11. The Morgan fingerprint density at radius 3 is 2.91 bits per heavy atom. The van der Waals surface area contributed by atoms with E-state index >= 15 is 0 Å². The SMILES string of the molecule is c1csc(-c2nnc(COc3ncnc4ccccc34)o2)c1. The van der Waals surface area contributed by atoms with Crippen LogP contribution in [0.1, 0.15) is 5.89 Å². The molecule has 0 N–H and O–H groups in total. The molecule has 0 aliphatic heterocycles. The lowest BCUT2D eigenvalue weighted by atomic mass is 10.2. The maximum absolute atomic E-state index is 5.69. The number of fused-ring (bicyclic) bond motifs is 1. The first kappa shape index (κ1) is 12.9. The van der Waals surface area contributed by atoms with Crippen LogP contribution in [-0.2, 0) is 6.61 Å². The van der Waals surface area contributed by atoms with Gasteiger partial charge in [0.1, 0.15) is 6.33 Å². The van der Waals surface area contributed by atoms with Gasteiger partial charge in [0.2, 0.25) is 5.88 Å². The molecule has 22 heavy (non-hydrogen) atoms. The van der Waals surface area contributed by atoms with Gasteiger partial charge in [0.05, 0.1) is 15.8 Å². The van der Waals surface area contributed by atoms with Gasteiger partial charge in [-0.05, 0) is 23.6 Å². The van der Waals surface area contributed by atoms with Crippen LogP contribution in [0.25, 0.3) is 21.7 Å². The summed E-state index contributed by atoms with van der Waals surface area (Å²) in [5.41, 5.74) is 0.831. The molecule has 6 nitrogen and oxygen atoms in total. The zero-order valence-corrected chi connectivity index (χ0v) is 12.2. The second kappa shape index (κ2) is 5.53. The minimum absolute atomic E-state index is 0.166. The van der Waals surface area contributed by atoms with Gasteiger partial charge in [-0.3, -0.25) is 0 Å². The van der Waals surface area contributed by atoms with E-state index in [0.717, 1.165) is 15.8 Å². The Kier molecular flexibility index (Phi) is 3.24. The molecule has 7 heteroatoms. The Bertz CT molecular complexity index is 899. The average Bonchev–Trinajstić information content (AvgIpc) is 3.24. The summed E-state index contributed by atoms with van der Waals surface area (Å²) < 4.78 is 11.3. The van der Waals surface area contributed by atoms with E-state index in [-0.39, 0.29) is 6.61 Å². The maximum Gasteiger partial charge on any atom is 0.257 e. The highest BCUT2D eigenvalue weighted by atomic mass is 32.1. The molecular formula is C15H10N4O2S. The van der Waals surface area contributed by atoms with Gasteiger partial charge in [0.15, 0.2) is 6.61 Å². The molecule has 0 unspecified atom stereocenters. The molecule has 0 spiro atoms. The molecule has 1 aromatic carbocycles. The minimum Gasteiger partial charge on any atom is -0.467 e. The van der Waals surface area contributed by atoms with Crippen LogP contribution >= 0.6 is 11.3 Å². The molecule has 3 aromatic heterocycles. The summed E-state index contributed by atoms with van der Waals surface area (Å²) >= 11 is 1.55. The molecule has 3 heterocycles. The topological polar surface area (TPSA) is 73.9 Å². The van der Waals surface area contributed by atoms with Crippen LogP contribution in [0.3, 0.4) is 0 Å². The molecule has 0 saturated heterocycles. The van der Waals surface area contributed by atoms with E-state index in [2.05, 4.69) is 20.2 Å². The summed E-state index contributed by atoms with van der Waals surface area (Å²) in [6.07, 6.45) is 1.47. The molecular weight excluding hydrogens is 300 g/mol. The summed E-state index contributed by atoms with van der Waals surface area (Å²) in [4.78, 5) is 9.29. The van der Waals surface area contributed by atoms with Crippen LogP contribution in [0.4, 0.5) is 0 Å². The fraction of sp³-hybridized carbons (Fsp3) is 0.0667. The zero-order chi connectivity index (χ0) is 14.8. The fourth-order valence-corrected chi connectivity index (χ4v) is 2.68. The van der Waals surface area contributed by atoms with E-state index < -0.39 is 0 Å². The Labute approximate surface area is 129 Å². The largest absolute Gasteiger partial charge is 0.467 e. The third-order valence-corrected chi connectivity index (χ3v) is 3.90. The molecule has 0 fully saturated rings. The van der Waals surface area contributed by atoms with Crippen LogP contribution in [0.2, 0.25) is 0 Å². The number of benzene rings is 1. The Balaban J connectivity index is 1.55. The number of rotatable bonds is 4. The van der Waals surface area contributed by atoms with E-state index in [4.69, 9.17) is 9.15 Å². The van der Waals surface area contributed by atoms with Crippen molar-refractivity contribution < 1.29 is 9.15 Å². The number of nitrogens with zero attached hydrogens (tertiary/aromatic N) is 4. The van der Waals surface area contributed by atoms with Gasteiger partial charge in [-0.25, -0.2) is 9.97 Å². The third kappa shape index (κ3) is 2.42. The number of ether oxygens (including phenoxy) is 1. The van der Waals surface area contributed by atoms with Crippen molar-refractivity contribution in [1.29, 1.82) is 0 Å². The highest BCUT2D eigenvalue weighted by molar-refractivity contribution is 7.13. The van der Waals surface area contributed by atoms with Gasteiger partial charge in [-0.15, -0.1) is 21.5 Å². The van der Waals surface area contributed by atoms with E-state index in [1.165, 1.54) is 6.33 Å². The Hall–Kier alpha value is -2.80. The van der Waals surface area contributed by atoms with Crippen molar-refractivity contribution in [1.82, 2.24) is 20.2 Å². The van der Waals surface area contributed by atoms with E-state index in [9.17, 15) is 0 Å². The first-order valence-corrected chi connectivity index (χ1v) is 7.47. The lowest BCUT2D eigenvalue weighted by Crippen LogP contribution is -1.99. The van der Waals surface area contributed by atoms with Crippen LogP contribution < -0.4 is 4.74 Å². The predicted octanol–water partition coefficient (Wildman–Crippen LogP) is 3.32. The second-order valence-corrected chi connectivity index (χ2v) is 5.41. The van der Waals surface area contributed by atoms with Crippen LogP contribution in [0.5, 0.6) is 5.88 Å². The summed E-state index contributed by atoms with van der Waals surface area (Å²) in [6.45, 7) is 0.166. The van der Waals surface area contributed by atoms with Gasteiger partial charge < -0.3 is 9.15 Å². The highest BCUT2D eigenvalue weighted by Crippen LogP contribution is 2.24. The van der Waals surface area contributed by atoms with Crippen molar-refractivity contribution in [3.63, 3.8) is 0 Å². The second-order valence-electron chi connectivity index (χ2n) is 4.46. The van der Waals surface area contributed by atoms with Crippen molar-refractivity contribution >= 4 is 22.2 Å². The molecule has 4 aromatic rings. The van der Waals surface area contributed by atoms with Crippen LogP contribution in [0.15, 0.2) is 52.5 Å². The van der Waals surface area contributed by atoms with Crippen LogP contribution in [0, 0.1) is 0 Å². The number of para-hydroxylation sites is 1. The predicted molar refractivity (Wildman–Crippen MR) is 81.5 cm³/mol. The summed E-state index contributed by atoms with van der Waals surface area (Å²) in [5, 5.41) is 10.8. The molecule has 4 rings (SSSR count). The molecule has 0 radical (unpaired) electrons. The quantitative estimate of drug-likeness (QED) is 0.575. The lowest BCUT2D eigenvalue weighted by Gasteiger charge is -2.04. The van der Waals surface area contributed by atoms with E-state index in [1.54, 1.807) is 11.3 Å². The van der Waals surface area contributed by atoms with Crippen molar-refractivity contribution in [2.75, 3.05) is 0 Å². The van der Waals surface area contributed by atoms with E-state index in [0.29, 0.717) is 17.7 Å². The summed E-state index contributed by atoms with van der Waals surface area (Å²) in [7, 11) is 0. The van der Waals surface area contributed by atoms with Crippen molar-refractivity contribution in [3.05, 3.63) is 54.0 Å². The molecule has 0 atom stereocenters. The van der Waals surface area contributed by atoms with Crippen LogP contribution in [-0.4, -0.2) is 20.2 Å². The van der Waals surface area contributed by atoms with Crippen molar-refractivity contribution in [2.45, 2.75) is 6.61 Å². The Morgan fingerprint density at radius 2 is 2.00 bits per heavy atom. The zero-order valence-electron chi connectivity index (χ0n) is 11.3. The average molecular weight is 310 g/mol. The first-order valence-electron chi connectivity index (χ1n) is 6.59. The van der Waals surface area contributed by atoms with Gasteiger partial charge in [0, 0.05) is 0 Å². The van der Waals surface area contributed by atoms with Gasteiger partial charge in [-0.1, -0.05) is 18.2 Å². The van der Waals surface area contributed by atoms with E-state index in [1.807, 2.05) is 41.8 Å². The number of thiophene rings is 1. The molecule has 0 amide bonds. The summed E-state index contributed by atoms with van der Waals surface area (Å²) in [5.74, 6) is 1.41. The minimum atomic E-state index is 0.166. The van der Waals surface area contributed by atoms with Crippen molar-refractivity contribution in [2.24, 2.45) is 0 Å². The van der Waals surface area contributed by atoms with Gasteiger partial charge >= 0.3 is 0 Å². The van der Waals surface area contributed by atoms with Crippen molar-refractivity contribution in [3.8, 4) is 16.6 Å². The first-order chi connectivity index (χ1) is 10.9. The third-order valence-electron chi connectivity index (χ3n) is 3.04. The molecule has 0 saturated carbocycles. The maximum atomic E-state index is 5.69. The normalized spacial score (nSPS) is 10.9. The number of hydrogen-bond donors (Lipinski definition) is 0. The molecule has 0 aliphatic rings. The monoisotopic (exact) mass is 310 g/mol. The number of hydrogen-bond acceptors (Lipinski definition) is 7.